The van der Waals surface area contributed by atoms with Crippen LogP contribution in [0.1, 0.15) is 18.4 Å². The molecule has 1 atom stereocenters. The fourth-order valence-electron chi connectivity index (χ4n) is 1.55. The Morgan fingerprint density at radius 3 is 2.88 bits per heavy atom. The van der Waals surface area contributed by atoms with Crippen LogP contribution in [-0.2, 0) is 0 Å². The molecule has 84 valence electrons. The highest BCUT2D eigenvalue weighted by Gasteiger charge is 2.06. The van der Waals surface area contributed by atoms with E-state index in [2.05, 4.69) is 16.9 Å². The molecule has 2 aromatic rings. The van der Waals surface area contributed by atoms with E-state index < -0.39 is 0 Å². The Morgan fingerprint density at radius 2 is 2.19 bits per heavy atom. The summed E-state index contributed by atoms with van der Waals surface area (Å²) in [4.78, 5) is 8.61. The lowest BCUT2D eigenvalue weighted by atomic mass is 10.0. The number of hydrogen-bond acceptors (Lipinski definition) is 4. The van der Waals surface area contributed by atoms with E-state index in [4.69, 9.17) is 10.5 Å². The first kappa shape index (κ1) is 10.8. The largest absolute Gasteiger partial charge is 0.480 e. The molecule has 4 nitrogen and oxygen atoms in total. The molecule has 1 aromatic heterocycles. The summed E-state index contributed by atoms with van der Waals surface area (Å²) in [5, 5.41) is 0. The molecule has 2 rings (SSSR count). The monoisotopic (exact) mass is 217 g/mol. The van der Waals surface area contributed by atoms with E-state index in [1.165, 1.54) is 5.56 Å². The molecule has 0 bridgehead atoms. The van der Waals surface area contributed by atoms with Crippen molar-refractivity contribution < 1.29 is 4.74 Å². The van der Waals surface area contributed by atoms with Gasteiger partial charge >= 0.3 is 0 Å². The van der Waals surface area contributed by atoms with Gasteiger partial charge in [-0.1, -0.05) is 13.0 Å². The molecule has 0 saturated carbocycles. The number of benzene rings is 1. The molecule has 0 radical (unpaired) electrons. The summed E-state index contributed by atoms with van der Waals surface area (Å²) >= 11 is 0. The lowest BCUT2D eigenvalue weighted by Gasteiger charge is -2.09. The van der Waals surface area contributed by atoms with E-state index in [0.29, 0.717) is 18.3 Å². The van der Waals surface area contributed by atoms with Crippen molar-refractivity contribution in [3.05, 3.63) is 30.0 Å². The van der Waals surface area contributed by atoms with Crippen molar-refractivity contribution in [2.45, 2.75) is 12.8 Å². The van der Waals surface area contributed by atoms with Gasteiger partial charge < -0.3 is 10.5 Å². The summed E-state index contributed by atoms with van der Waals surface area (Å²) in [6, 6.07) is 6.01. The standard InChI is InChI=1S/C12H15N3O/c1-8(6-13)9-3-4-10-11(5-9)14-7-12(15-10)16-2/h3-5,7-8H,6,13H2,1-2H3. The van der Waals surface area contributed by atoms with Crippen LogP contribution in [0, 0.1) is 0 Å². The lowest BCUT2D eigenvalue weighted by Crippen LogP contribution is -2.08. The van der Waals surface area contributed by atoms with Gasteiger partial charge in [-0.05, 0) is 30.2 Å². The van der Waals surface area contributed by atoms with E-state index >= 15 is 0 Å². The predicted octanol–water partition coefficient (Wildman–Crippen LogP) is 1.70. The minimum atomic E-state index is 0.341. The normalized spacial score (nSPS) is 12.7. The first-order valence-corrected chi connectivity index (χ1v) is 5.25. The Balaban J connectivity index is 2.47. The quantitative estimate of drug-likeness (QED) is 0.850. The number of aromatic nitrogens is 2. The highest BCUT2D eigenvalue weighted by atomic mass is 16.5. The van der Waals surface area contributed by atoms with Crippen molar-refractivity contribution in [3.63, 3.8) is 0 Å². The minimum Gasteiger partial charge on any atom is -0.480 e. The van der Waals surface area contributed by atoms with Gasteiger partial charge in [0.25, 0.3) is 0 Å². The van der Waals surface area contributed by atoms with Crippen molar-refractivity contribution in [2.75, 3.05) is 13.7 Å². The second-order valence-electron chi connectivity index (χ2n) is 3.80. The maximum Gasteiger partial charge on any atom is 0.232 e. The third-order valence-corrected chi connectivity index (χ3v) is 2.68. The Bertz CT molecular complexity index is 499. The van der Waals surface area contributed by atoms with Gasteiger partial charge in [0.1, 0.15) is 0 Å². The van der Waals surface area contributed by atoms with E-state index in [1.807, 2.05) is 18.2 Å². The smallest absolute Gasteiger partial charge is 0.232 e. The van der Waals surface area contributed by atoms with E-state index in [9.17, 15) is 0 Å². The van der Waals surface area contributed by atoms with Gasteiger partial charge in [-0.15, -0.1) is 0 Å². The van der Waals surface area contributed by atoms with Crippen LogP contribution in [0.5, 0.6) is 5.88 Å². The molecule has 1 heterocycles. The van der Waals surface area contributed by atoms with E-state index in [1.54, 1.807) is 13.3 Å². The summed E-state index contributed by atoms with van der Waals surface area (Å²) in [7, 11) is 1.58. The van der Waals surface area contributed by atoms with Gasteiger partial charge in [0.05, 0.1) is 24.3 Å². The Labute approximate surface area is 94.5 Å². The average molecular weight is 217 g/mol. The van der Waals surface area contributed by atoms with Gasteiger partial charge in [0, 0.05) is 0 Å². The number of hydrogen-bond donors (Lipinski definition) is 1. The van der Waals surface area contributed by atoms with Crippen LogP contribution in [0.25, 0.3) is 11.0 Å². The number of nitrogens with zero attached hydrogens (tertiary/aromatic N) is 2. The summed E-state index contributed by atoms with van der Waals surface area (Å²) in [5.41, 5.74) is 8.54. The molecule has 0 fully saturated rings. The molecule has 16 heavy (non-hydrogen) atoms. The van der Waals surface area contributed by atoms with Crippen molar-refractivity contribution >= 4 is 11.0 Å². The fourth-order valence-corrected chi connectivity index (χ4v) is 1.55. The maximum atomic E-state index is 5.64. The topological polar surface area (TPSA) is 61.0 Å². The van der Waals surface area contributed by atoms with Crippen molar-refractivity contribution in [3.8, 4) is 5.88 Å². The van der Waals surface area contributed by atoms with Gasteiger partial charge in [0.2, 0.25) is 5.88 Å². The summed E-state index contributed by atoms with van der Waals surface area (Å²) in [6.07, 6.45) is 1.62. The molecule has 4 heteroatoms. The summed E-state index contributed by atoms with van der Waals surface area (Å²) < 4.78 is 5.03. The van der Waals surface area contributed by atoms with Gasteiger partial charge in [-0.2, -0.15) is 0 Å². The molecule has 0 aliphatic rings. The zero-order valence-corrected chi connectivity index (χ0v) is 9.47. The number of methoxy groups -OCH3 is 1. The second kappa shape index (κ2) is 4.45. The highest BCUT2D eigenvalue weighted by molar-refractivity contribution is 5.75. The zero-order chi connectivity index (χ0) is 11.5. The molecule has 0 spiro atoms. The third kappa shape index (κ3) is 1.97. The molecule has 2 N–H and O–H groups in total. The van der Waals surface area contributed by atoms with E-state index in [0.717, 1.165) is 11.0 Å². The first-order chi connectivity index (χ1) is 7.74. The molecular weight excluding hydrogens is 202 g/mol. The fraction of sp³-hybridized carbons (Fsp3) is 0.333. The number of fused-ring (bicyclic) bond motifs is 1. The zero-order valence-electron chi connectivity index (χ0n) is 9.47. The number of ether oxygens (including phenoxy) is 1. The predicted molar refractivity (Wildman–Crippen MR) is 63.6 cm³/mol. The van der Waals surface area contributed by atoms with Crippen LogP contribution in [0.3, 0.4) is 0 Å². The van der Waals surface area contributed by atoms with Gasteiger partial charge in [-0.3, -0.25) is 0 Å². The van der Waals surface area contributed by atoms with Gasteiger partial charge in [0.15, 0.2) is 0 Å². The average Bonchev–Trinajstić information content (AvgIpc) is 2.36. The molecule has 1 aromatic carbocycles. The summed E-state index contributed by atoms with van der Waals surface area (Å²) in [5.74, 6) is 0.875. The third-order valence-electron chi connectivity index (χ3n) is 2.68. The number of rotatable bonds is 3. The van der Waals surface area contributed by atoms with Crippen LogP contribution >= 0.6 is 0 Å². The van der Waals surface area contributed by atoms with Crippen molar-refractivity contribution in [1.29, 1.82) is 0 Å². The molecule has 0 saturated heterocycles. The van der Waals surface area contributed by atoms with Crippen molar-refractivity contribution in [2.24, 2.45) is 5.73 Å². The van der Waals surface area contributed by atoms with Crippen LogP contribution in [0.4, 0.5) is 0 Å². The first-order valence-electron chi connectivity index (χ1n) is 5.25. The van der Waals surface area contributed by atoms with E-state index in [-0.39, 0.29) is 0 Å². The molecule has 0 aliphatic carbocycles. The molecule has 0 aliphatic heterocycles. The molecular formula is C12H15N3O. The van der Waals surface area contributed by atoms with Gasteiger partial charge in [-0.25, -0.2) is 9.97 Å². The second-order valence-corrected chi connectivity index (χ2v) is 3.80. The number of nitrogens with two attached hydrogens (primary N) is 1. The molecule has 0 amide bonds. The van der Waals surface area contributed by atoms with Crippen LogP contribution < -0.4 is 10.5 Å². The summed E-state index contributed by atoms with van der Waals surface area (Å²) in [6.45, 7) is 2.73. The SMILES string of the molecule is COc1cnc2cc(C(C)CN)ccc2n1. The Hall–Kier alpha value is -1.68. The lowest BCUT2D eigenvalue weighted by molar-refractivity contribution is 0.397. The minimum absolute atomic E-state index is 0.341. The van der Waals surface area contributed by atoms with Crippen LogP contribution in [0.15, 0.2) is 24.4 Å². The van der Waals surface area contributed by atoms with Crippen molar-refractivity contribution in [1.82, 2.24) is 9.97 Å². The highest BCUT2D eigenvalue weighted by Crippen LogP contribution is 2.20. The Kier molecular flexibility index (Phi) is 3.01. The van der Waals surface area contributed by atoms with Crippen LogP contribution in [-0.4, -0.2) is 23.6 Å². The van der Waals surface area contributed by atoms with Crippen LogP contribution in [0.2, 0.25) is 0 Å². The Morgan fingerprint density at radius 1 is 1.38 bits per heavy atom. The maximum absolute atomic E-state index is 5.64. The molecule has 1 unspecified atom stereocenters.